The second kappa shape index (κ2) is 6.89. The molecule has 0 N–H and O–H groups in total. The van der Waals surface area contributed by atoms with E-state index in [1.807, 2.05) is 60.7 Å². The first-order valence-electron chi connectivity index (χ1n) is 6.01. The van der Waals surface area contributed by atoms with E-state index in [9.17, 15) is 0 Å². The minimum Gasteiger partial charge on any atom is -0.489 e. The Hall–Kier alpha value is -2.71. The smallest absolute Gasteiger partial charge is 0.119 e. The molecule has 92 valence electrons. The highest BCUT2D eigenvalue weighted by Crippen LogP contribution is 2.13. The molecule has 0 atom stereocenters. The van der Waals surface area contributed by atoms with Crippen LogP contribution < -0.4 is 4.74 Å². The quantitative estimate of drug-likeness (QED) is 0.777. The van der Waals surface area contributed by atoms with Gasteiger partial charge in [-0.2, -0.15) is 5.26 Å². The SMILES string of the molecule is N#CCC#Cc1ccc(OCc2ccccc2)cc1. The number of hydrogen-bond donors (Lipinski definition) is 0. The minimum atomic E-state index is 0.256. The molecule has 0 spiro atoms. The van der Waals surface area contributed by atoms with Gasteiger partial charge in [0.15, 0.2) is 0 Å². The maximum Gasteiger partial charge on any atom is 0.119 e. The lowest BCUT2D eigenvalue weighted by atomic mass is 10.2. The molecule has 0 aliphatic carbocycles. The monoisotopic (exact) mass is 247 g/mol. The number of ether oxygens (including phenoxy) is 1. The molecule has 0 saturated heterocycles. The maximum atomic E-state index is 8.39. The highest BCUT2D eigenvalue weighted by atomic mass is 16.5. The van der Waals surface area contributed by atoms with Gasteiger partial charge in [-0.1, -0.05) is 42.2 Å². The van der Waals surface area contributed by atoms with Crippen LogP contribution in [0.4, 0.5) is 0 Å². The molecule has 0 radical (unpaired) electrons. The lowest BCUT2D eigenvalue weighted by Crippen LogP contribution is -1.94. The Kier molecular flexibility index (Phi) is 4.62. The van der Waals surface area contributed by atoms with Crippen molar-refractivity contribution in [2.75, 3.05) is 0 Å². The van der Waals surface area contributed by atoms with E-state index >= 15 is 0 Å². The van der Waals surface area contributed by atoms with E-state index in [4.69, 9.17) is 10.00 Å². The molecule has 0 amide bonds. The highest BCUT2D eigenvalue weighted by molar-refractivity contribution is 5.38. The van der Waals surface area contributed by atoms with Crippen LogP contribution in [-0.4, -0.2) is 0 Å². The largest absolute Gasteiger partial charge is 0.489 e. The van der Waals surface area contributed by atoms with E-state index in [1.54, 1.807) is 0 Å². The molecule has 19 heavy (non-hydrogen) atoms. The molecule has 0 fully saturated rings. The fourth-order valence-corrected chi connectivity index (χ4v) is 1.56. The van der Waals surface area contributed by atoms with Gasteiger partial charge in [0.1, 0.15) is 12.4 Å². The van der Waals surface area contributed by atoms with Crippen molar-refractivity contribution in [2.45, 2.75) is 13.0 Å². The van der Waals surface area contributed by atoms with Gasteiger partial charge in [0.05, 0.1) is 12.5 Å². The van der Waals surface area contributed by atoms with Crippen LogP contribution in [0.1, 0.15) is 17.5 Å². The maximum absolute atomic E-state index is 8.39. The zero-order valence-electron chi connectivity index (χ0n) is 10.5. The number of nitrogens with zero attached hydrogens (tertiary/aromatic N) is 1. The highest BCUT2D eigenvalue weighted by Gasteiger charge is 1.95. The summed E-state index contributed by atoms with van der Waals surface area (Å²) in [5.74, 6) is 6.51. The van der Waals surface area contributed by atoms with Crippen molar-refractivity contribution >= 4 is 0 Å². The van der Waals surface area contributed by atoms with E-state index in [0.717, 1.165) is 16.9 Å². The third kappa shape index (κ3) is 4.22. The summed E-state index contributed by atoms with van der Waals surface area (Å²) in [5, 5.41) is 8.39. The lowest BCUT2D eigenvalue weighted by molar-refractivity contribution is 0.306. The van der Waals surface area contributed by atoms with Gasteiger partial charge >= 0.3 is 0 Å². The molecule has 0 heterocycles. The number of rotatable bonds is 3. The molecule has 0 saturated carbocycles. The predicted octanol–water partition coefficient (Wildman–Crippen LogP) is 3.53. The summed E-state index contributed by atoms with van der Waals surface area (Å²) in [5.41, 5.74) is 2.03. The van der Waals surface area contributed by atoms with Crippen LogP contribution >= 0.6 is 0 Å². The fourth-order valence-electron chi connectivity index (χ4n) is 1.56. The van der Waals surface area contributed by atoms with Crippen LogP contribution in [0.3, 0.4) is 0 Å². The Morgan fingerprint density at radius 1 is 0.947 bits per heavy atom. The van der Waals surface area contributed by atoms with Crippen LogP contribution in [-0.2, 0) is 6.61 Å². The van der Waals surface area contributed by atoms with Gasteiger partial charge in [-0.3, -0.25) is 0 Å². The van der Waals surface area contributed by atoms with Gasteiger partial charge < -0.3 is 4.74 Å². The first kappa shape index (κ1) is 12.7. The summed E-state index contributed by atoms with van der Waals surface area (Å²) >= 11 is 0. The third-order valence-electron chi connectivity index (χ3n) is 2.50. The van der Waals surface area contributed by atoms with Crippen molar-refractivity contribution in [3.63, 3.8) is 0 Å². The molecule has 2 aromatic carbocycles. The molecule has 0 bridgehead atoms. The van der Waals surface area contributed by atoms with E-state index < -0.39 is 0 Å². The van der Waals surface area contributed by atoms with Crippen molar-refractivity contribution in [2.24, 2.45) is 0 Å². The Morgan fingerprint density at radius 2 is 1.68 bits per heavy atom. The molecule has 0 aliphatic rings. The van der Waals surface area contributed by atoms with Gasteiger partial charge in [-0.25, -0.2) is 0 Å². The van der Waals surface area contributed by atoms with Crippen molar-refractivity contribution in [3.8, 4) is 23.7 Å². The van der Waals surface area contributed by atoms with Gasteiger partial charge in [0.25, 0.3) is 0 Å². The first-order chi connectivity index (χ1) is 9.38. The summed E-state index contributed by atoms with van der Waals surface area (Å²) in [7, 11) is 0. The molecular formula is C17H13NO. The average molecular weight is 247 g/mol. The van der Waals surface area contributed by atoms with E-state index in [1.165, 1.54) is 0 Å². The number of nitriles is 1. The molecular weight excluding hydrogens is 234 g/mol. The Balaban J connectivity index is 1.93. The molecule has 2 aromatic rings. The predicted molar refractivity (Wildman–Crippen MR) is 74.3 cm³/mol. The van der Waals surface area contributed by atoms with Gasteiger partial charge in [0.2, 0.25) is 0 Å². The normalized spacial score (nSPS) is 9.00. The van der Waals surface area contributed by atoms with Crippen LogP contribution in [0.25, 0.3) is 0 Å². The van der Waals surface area contributed by atoms with Crippen molar-refractivity contribution < 1.29 is 4.74 Å². The Morgan fingerprint density at radius 3 is 2.37 bits per heavy atom. The molecule has 2 heteroatoms. The summed E-state index contributed by atoms with van der Waals surface area (Å²) < 4.78 is 5.67. The Labute approximate surface area is 113 Å². The van der Waals surface area contributed by atoms with E-state index in [0.29, 0.717) is 6.61 Å². The van der Waals surface area contributed by atoms with Crippen molar-refractivity contribution in [1.29, 1.82) is 5.26 Å². The standard InChI is InChI=1S/C17H13NO/c18-13-5-4-6-15-9-11-17(12-10-15)19-14-16-7-2-1-3-8-16/h1-3,7-12H,5,14H2. The van der Waals surface area contributed by atoms with Crippen LogP contribution in [0, 0.1) is 23.2 Å². The molecule has 0 aromatic heterocycles. The second-order valence-corrected chi connectivity index (χ2v) is 3.94. The van der Waals surface area contributed by atoms with Crippen LogP contribution in [0.5, 0.6) is 5.75 Å². The lowest BCUT2D eigenvalue weighted by Gasteiger charge is -2.05. The van der Waals surface area contributed by atoms with Crippen molar-refractivity contribution in [1.82, 2.24) is 0 Å². The third-order valence-corrected chi connectivity index (χ3v) is 2.50. The number of hydrogen-bond acceptors (Lipinski definition) is 2. The zero-order valence-corrected chi connectivity index (χ0v) is 10.5. The summed E-state index contributed by atoms with van der Waals surface area (Å²) in [6, 6.07) is 19.6. The molecule has 0 aliphatic heterocycles. The minimum absolute atomic E-state index is 0.256. The first-order valence-corrected chi connectivity index (χ1v) is 6.01. The van der Waals surface area contributed by atoms with E-state index in [2.05, 4.69) is 11.8 Å². The molecule has 2 nitrogen and oxygen atoms in total. The average Bonchev–Trinajstić information content (AvgIpc) is 2.48. The fraction of sp³-hybridized carbons (Fsp3) is 0.118. The van der Waals surface area contributed by atoms with Crippen LogP contribution in [0.2, 0.25) is 0 Å². The number of benzene rings is 2. The molecule has 0 unspecified atom stereocenters. The van der Waals surface area contributed by atoms with Gasteiger partial charge in [0, 0.05) is 5.56 Å². The molecule has 2 rings (SSSR count). The van der Waals surface area contributed by atoms with Gasteiger partial charge in [-0.15, -0.1) is 0 Å². The second-order valence-electron chi connectivity index (χ2n) is 3.94. The van der Waals surface area contributed by atoms with Crippen LogP contribution in [0.15, 0.2) is 54.6 Å². The summed E-state index contributed by atoms with van der Waals surface area (Å²) in [6.07, 6.45) is 0.256. The zero-order chi connectivity index (χ0) is 13.3. The summed E-state index contributed by atoms with van der Waals surface area (Å²) in [4.78, 5) is 0. The van der Waals surface area contributed by atoms with Gasteiger partial charge in [-0.05, 0) is 29.8 Å². The van der Waals surface area contributed by atoms with E-state index in [-0.39, 0.29) is 6.42 Å². The summed E-state index contributed by atoms with van der Waals surface area (Å²) in [6.45, 7) is 0.556. The Bertz CT molecular complexity index is 612. The topological polar surface area (TPSA) is 33.0 Å². The van der Waals surface area contributed by atoms with Crippen molar-refractivity contribution in [3.05, 3.63) is 65.7 Å².